The number of hydrogen-bond acceptors (Lipinski definition) is 2. The molecule has 2 saturated carbocycles. The number of allylic oxidation sites excluding steroid dienone is 2. The molecule has 0 spiro atoms. The standard InChI is InChI=1S/C30H38O2/c31-29-16-14-25(19-27(29)21-8-3-1-4-9-21)23-12-7-13-24(18-23)26-15-17-30(32)28(20-26)22-10-5-2-6-11-22/h12,14-17,19-22,24,31-32H,1-11,13,18H2. The Balaban J connectivity index is 1.36. The Morgan fingerprint density at radius 3 is 1.84 bits per heavy atom. The SMILES string of the molecule is Oc1ccc(C2=CCCC(c3ccc(O)c(C4CCCCC4)c3)C2)cc1C1CCCCC1. The molecule has 2 heteroatoms. The summed E-state index contributed by atoms with van der Waals surface area (Å²) in [6.07, 6.45) is 18.4. The molecule has 32 heavy (non-hydrogen) atoms. The van der Waals surface area contributed by atoms with Crippen molar-refractivity contribution in [3.63, 3.8) is 0 Å². The molecule has 0 bridgehead atoms. The average molecular weight is 431 g/mol. The fourth-order valence-corrected chi connectivity index (χ4v) is 6.49. The maximum atomic E-state index is 10.6. The van der Waals surface area contributed by atoms with Crippen LogP contribution >= 0.6 is 0 Å². The van der Waals surface area contributed by atoms with Crippen LogP contribution in [0.1, 0.15) is 123 Å². The molecule has 170 valence electrons. The number of benzene rings is 2. The lowest BCUT2D eigenvalue weighted by molar-refractivity contribution is 0.413. The molecule has 1 atom stereocenters. The van der Waals surface area contributed by atoms with E-state index in [1.807, 2.05) is 12.1 Å². The first-order chi connectivity index (χ1) is 15.7. The van der Waals surface area contributed by atoms with Crippen molar-refractivity contribution in [1.29, 1.82) is 0 Å². The highest BCUT2D eigenvalue weighted by Gasteiger charge is 2.24. The van der Waals surface area contributed by atoms with Gasteiger partial charge in [0.2, 0.25) is 0 Å². The van der Waals surface area contributed by atoms with Crippen molar-refractivity contribution < 1.29 is 10.2 Å². The molecule has 5 rings (SSSR count). The summed E-state index contributed by atoms with van der Waals surface area (Å²) in [7, 11) is 0. The van der Waals surface area contributed by atoms with Gasteiger partial charge >= 0.3 is 0 Å². The van der Waals surface area contributed by atoms with Gasteiger partial charge in [-0.05, 0) is 109 Å². The first-order valence-corrected chi connectivity index (χ1v) is 13.0. The average Bonchev–Trinajstić information content (AvgIpc) is 2.86. The molecular weight excluding hydrogens is 392 g/mol. The Morgan fingerprint density at radius 1 is 0.594 bits per heavy atom. The van der Waals surface area contributed by atoms with Crippen LogP contribution in [-0.2, 0) is 0 Å². The summed E-state index contributed by atoms with van der Waals surface area (Å²) in [5, 5.41) is 21.1. The Labute approximate surface area is 193 Å². The third-order valence-electron chi connectivity index (χ3n) is 8.38. The van der Waals surface area contributed by atoms with Crippen molar-refractivity contribution in [3.05, 3.63) is 64.7 Å². The molecule has 2 fully saturated rings. The van der Waals surface area contributed by atoms with Gasteiger partial charge in [0.05, 0.1) is 0 Å². The van der Waals surface area contributed by atoms with Gasteiger partial charge in [-0.25, -0.2) is 0 Å². The zero-order chi connectivity index (χ0) is 21.9. The lowest BCUT2D eigenvalue weighted by Crippen LogP contribution is -2.09. The zero-order valence-corrected chi connectivity index (χ0v) is 19.4. The van der Waals surface area contributed by atoms with E-state index in [0.717, 1.165) is 18.4 Å². The van der Waals surface area contributed by atoms with E-state index in [1.54, 1.807) is 0 Å². The topological polar surface area (TPSA) is 40.5 Å². The number of rotatable bonds is 4. The summed E-state index contributed by atoms with van der Waals surface area (Å²) in [6.45, 7) is 0. The van der Waals surface area contributed by atoms with E-state index < -0.39 is 0 Å². The lowest BCUT2D eigenvalue weighted by atomic mass is 9.78. The summed E-state index contributed by atoms with van der Waals surface area (Å²) < 4.78 is 0. The largest absolute Gasteiger partial charge is 0.508 e. The van der Waals surface area contributed by atoms with Gasteiger partial charge in [0, 0.05) is 0 Å². The molecule has 0 radical (unpaired) electrons. The minimum Gasteiger partial charge on any atom is -0.508 e. The van der Waals surface area contributed by atoms with Crippen LogP contribution in [0.2, 0.25) is 0 Å². The third-order valence-corrected chi connectivity index (χ3v) is 8.38. The fraction of sp³-hybridized carbons (Fsp3) is 0.533. The van der Waals surface area contributed by atoms with E-state index in [0.29, 0.717) is 29.3 Å². The van der Waals surface area contributed by atoms with E-state index in [9.17, 15) is 10.2 Å². The van der Waals surface area contributed by atoms with Gasteiger partial charge in [-0.2, -0.15) is 0 Å². The maximum absolute atomic E-state index is 10.6. The number of phenolic OH excluding ortho intramolecular Hbond substituents is 2. The highest BCUT2D eigenvalue weighted by atomic mass is 16.3. The Morgan fingerprint density at radius 2 is 1.19 bits per heavy atom. The summed E-state index contributed by atoms with van der Waals surface area (Å²) in [5.74, 6) is 2.51. The number of hydrogen-bond donors (Lipinski definition) is 2. The van der Waals surface area contributed by atoms with E-state index in [2.05, 4.69) is 30.3 Å². The minimum atomic E-state index is 0.476. The molecule has 0 aliphatic heterocycles. The molecule has 0 aromatic heterocycles. The van der Waals surface area contributed by atoms with Gasteiger partial charge in [-0.3, -0.25) is 0 Å². The highest BCUT2D eigenvalue weighted by Crippen LogP contribution is 2.44. The molecule has 2 N–H and O–H groups in total. The van der Waals surface area contributed by atoms with Crippen LogP contribution in [0.4, 0.5) is 0 Å². The normalized spacial score (nSPS) is 23.1. The monoisotopic (exact) mass is 430 g/mol. The predicted octanol–water partition coefficient (Wildman–Crippen LogP) is 8.54. The Hall–Kier alpha value is -2.22. The summed E-state index contributed by atoms with van der Waals surface area (Å²) in [4.78, 5) is 0. The van der Waals surface area contributed by atoms with Crippen molar-refractivity contribution >= 4 is 5.57 Å². The van der Waals surface area contributed by atoms with E-state index in [-0.39, 0.29) is 0 Å². The van der Waals surface area contributed by atoms with Gasteiger partial charge in [0.15, 0.2) is 0 Å². The fourth-order valence-electron chi connectivity index (χ4n) is 6.49. The van der Waals surface area contributed by atoms with Crippen LogP contribution in [0.3, 0.4) is 0 Å². The van der Waals surface area contributed by atoms with Crippen molar-refractivity contribution in [2.45, 2.75) is 101 Å². The van der Waals surface area contributed by atoms with Gasteiger partial charge < -0.3 is 10.2 Å². The van der Waals surface area contributed by atoms with Crippen LogP contribution in [0.15, 0.2) is 42.5 Å². The van der Waals surface area contributed by atoms with E-state index >= 15 is 0 Å². The molecule has 2 aromatic carbocycles. The molecule has 3 aliphatic rings. The Bertz CT molecular complexity index is 961. The van der Waals surface area contributed by atoms with Crippen LogP contribution < -0.4 is 0 Å². The van der Waals surface area contributed by atoms with Crippen molar-refractivity contribution in [3.8, 4) is 11.5 Å². The number of aromatic hydroxyl groups is 2. The van der Waals surface area contributed by atoms with Crippen LogP contribution in [-0.4, -0.2) is 10.2 Å². The smallest absolute Gasteiger partial charge is 0.119 e. The Kier molecular flexibility index (Phi) is 6.57. The van der Waals surface area contributed by atoms with Crippen LogP contribution in [0.25, 0.3) is 5.57 Å². The summed E-state index contributed by atoms with van der Waals surface area (Å²) in [6, 6.07) is 12.7. The van der Waals surface area contributed by atoms with Crippen molar-refractivity contribution in [1.82, 2.24) is 0 Å². The van der Waals surface area contributed by atoms with Gasteiger partial charge in [0.1, 0.15) is 11.5 Å². The van der Waals surface area contributed by atoms with E-state index in [1.165, 1.54) is 92.9 Å². The molecule has 0 saturated heterocycles. The first kappa shape index (κ1) is 21.6. The molecular formula is C30H38O2. The zero-order valence-electron chi connectivity index (χ0n) is 19.4. The van der Waals surface area contributed by atoms with Crippen molar-refractivity contribution in [2.75, 3.05) is 0 Å². The highest BCUT2D eigenvalue weighted by molar-refractivity contribution is 5.69. The predicted molar refractivity (Wildman–Crippen MR) is 132 cm³/mol. The van der Waals surface area contributed by atoms with E-state index in [4.69, 9.17) is 0 Å². The molecule has 2 aromatic rings. The first-order valence-electron chi connectivity index (χ1n) is 13.0. The molecule has 2 nitrogen and oxygen atoms in total. The minimum absolute atomic E-state index is 0.476. The molecule has 1 unspecified atom stereocenters. The second-order valence-electron chi connectivity index (χ2n) is 10.5. The van der Waals surface area contributed by atoms with Gasteiger partial charge in [0.25, 0.3) is 0 Å². The van der Waals surface area contributed by atoms with Crippen molar-refractivity contribution in [2.24, 2.45) is 0 Å². The molecule has 3 aliphatic carbocycles. The van der Waals surface area contributed by atoms with Gasteiger partial charge in [-0.15, -0.1) is 0 Å². The molecule has 0 heterocycles. The maximum Gasteiger partial charge on any atom is 0.119 e. The van der Waals surface area contributed by atoms with Crippen LogP contribution in [0, 0.1) is 0 Å². The third kappa shape index (κ3) is 4.60. The lowest BCUT2D eigenvalue weighted by Gasteiger charge is -2.28. The van der Waals surface area contributed by atoms with Crippen LogP contribution in [0.5, 0.6) is 11.5 Å². The second kappa shape index (κ2) is 9.73. The summed E-state index contributed by atoms with van der Waals surface area (Å²) in [5.41, 5.74) is 6.45. The summed E-state index contributed by atoms with van der Waals surface area (Å²) >= 11 is 0. The van der Waals surface area contributed by atoms with Gasteiger partial charge in [-0.1, -0.05) is 62.8 Å². The molecule has 0 amide bonds. The number of phenols is 2. The quantitative estimate of drug-likeness (QED) is 0.510. The second-order valence-corrected chi connectivity index (χ2v) is 10.5.